The van der Waals surface area contributed by atoms with Crippen LogP contribution in [-0.2, 0) is 6.42 Å². The van der Waals surface area contributed by atoms with Crippen molar-refractivity contribution in [2.45, 2.75) is 26.7 Å². The van der Waals surface area contributed by atoms with Crippen molar-refractivity contribution < 1.29 is 4.79 Å². The first kappa shape index (κ1) is 16.9. The first-order valence-electron chi connectivity index (χ1n) is 8.46. The predicted molar refractivity (Wildman–Crippen MR) is 99.3 cm³/mol. The summed E-state index contributed by atoms with van der Waals surface area (Å²) in [6, 6.07) is 17.6. The maximum Gasteiger partial charge on any atom is 0.280 e. The van der Waals surface area contributed by atoms with Gasteiger partial charge in [-0.3, -0.25) is 4.79 Å². The van der Waals surface area contributed by atoms with Gasteiger partial charge in [0, 0.05) is 12.7 Å². The molecule has 1 amide bonds. The molecule has 0 saturated heterocycles. The fourth-order valence-electron chi connectivity index (χ4n) is 2.75. The number of amides is 1. The van der Waals surface area contributed by atoms with Gasteiger partial charge < -0.3 is 4.90 Å². The van der Waals surface area contributed by atoms with Gasteiger partial charge in [0.1, 0.15) is 0 Å². The van der Waals surface area contributed by atoms with Crippen molar-refractivity contribution in [3.05, 3.63) is 71.5 Å². The van der Waals surface area contributed by atoms with Gasteiger partial charge in [-0.05, 0) is 37.6 Å². The molecule has 0 bridgehead atoms. The maximum atomic E-state index is 12.9. The van der Waals surface area contributed by atoms with E-state index in [1.54, 1.807) is 16.6 Å². The second-order valence-electron chi connectivity index (χ2n) is 6.08. The quantitative estimate of drug-likeness (QED) is 0.713. The van der Waals surface area contributed by atoms with Crippen LogP contribution in [-0.4, -0.2) is 27.9 Å². The number of benzene rings is 2. The minimum absolute atomic E-state index is 0.145. The summed E-state index contributed by atoms with van der Waals surface area (Å²) in [6.07, 6.45) is 1.65. The molecule has 3 rings (SSSR count). The number of carbonyl (C=O) groups is 1. The van der Waals surface area contributed by atoms with Crippen LogP contribution in [0.5, 0.6) is 0 Å². The molecular formula is C20H22N4O. The number of aryl methyl sites for hydroxylation is 1. The average Bonchev–Trinajstić information content (AvgIpc) is 3.06. The number of anilines is 1. The van der Waals surface area contributed by atoms with Crippen molar-refractivity contribution >= 4 is 11.6 Å². The Kier molecular flexibility index (Phi) is 4.93. The highest BCUT2D eigenvalue weighted by Gasteiger charge is 2.23. The van der Waals surface area contributed by atoms with Crippen molar-refractivity contribution in [1.82, 2.24) is 15.0 Å². The summed E-state index contributed by atoms with van der Waals surface area (Å²) in [7, 11) is 1.76. The molecule has 5 nitrogen and oxygen atoms in total. The Balaban J connectivity index is 1.99. The molecule has 5 heteroatoms. The Hall–Kier alpha value is -2.95. The van der Waals surface area contributed by atoms with Crippen LogP contribution in [0.2, 0.25) is 0 Å². The lowest BCUT2D eigenvalue weighted by molar-refractivity contribution is 0.0987. The summed E-state index contributed by atoms with van der Waals surface area (Å²) >= 11 is 0. The van der Waals surface area contributed by atoms with Gasteiger partial charge in [-0.15, -0.1) is 5.10 Å². The highest BCUT2D eigenvalue weighted by molar-refractivity contribution is 6.05. The lowest BCUT2D eigenvalue weighted by Gasteiger charge is -2.16. The van der Waals surface area contributed by atoms with Crippen molar-refractivity contribution in [3.8, 4) is 5.69 Å². The third-order valence-electron chi connectivity index (χ3n) is 4.18. The normalized spacial score (nSPS) is 10.7. The van der Waals surface area contributed by atoms with E-state index >= 15 is 0 Å². The molecule has 0 aliphatic carbocycles. The van der Waals surface area contributed by atoms with E-state index in [0.717, 1.165) is 29.9 Å². The summed E-state index contributed by atoms with van der Waals surface area (Å²) in [6.45, 7) is 4.13. The van der Waals surface area contributed by atoms with Crippen LogP contribution in [0.15, 0.2) is 54.6 Å². The molecule has 128 valence electrons. The number of nitrogens with zero attached hydrogens (tertiary/aromatic N) is 4. The molecule has 1 aromatic heterocycles. The maximum absolute atomic E-state index is 12.9. The Morgan fingerprint density at radius 3 is 2.40 bits per heavy atom. The molecule has 0 radical (unpaired) electrons. The molecule has 0 aliphatic rings. The lowest BCUT2D eigenvalue weighted by Crippen LogP contribution is -2.27. The summed E-state index contributed by atoms with van der Waals surface area (Å²) in [5.41, 5.74) is 4.19. The van der Waals surface area contributed by atoms with E-state index in [-0.39, 0.29) is 5.91 Å². The zero-order valence-electron chi connectivity index (χ0n) is 14.8. The topological polar surface area (TPSA) is 51.0 Å². The Labute approximate surface area is 147 Å². The van der Waals surface area contributed by atoms with Crippen molar-refractivity contribution in [3.63, 3.8) is 0 Å². The molecule has 1 heterocycles. The number of hydrogen-bond acceptors (Lipinski definition) is 3. The predicted octanol–water partition coefficient (Wildman–Crippen LogP) is 3.80. The summed E-state index contributed by atoms with van der Waals surface area (Å²) in [4.78, 5) is 14.6. The third kappa shape index (κ3) is 3.45. The van der Waals surface area contributed by atoms with Crippen LogP contribution in [0.4, 0.5) is 5.69 Å². The number of carbonyl (C=O) groups excluding carboxylic acids is 1. The van der Waals surface area contributed by atoms with Gasteiger partial charge in [0.15, 0.2) is 5.69 Å². The van der Waals surface area contributed by atoms with Crippen LogP contribution in [0, 0.1) is 6.92 Å². The second-order valence-corrected chi connectivity index (χ2v) is 6.08. The van der Waals surface area contributed by atoms with Gasteiger partial charge in [0.25, 0.3) is 5.91 Å². The minimum atomic E-state index is -0.145. The van der Waals surface area contributed by atoms with E-state index in [0.29, 0.717) is 5.69 Å². The first-order chi connectivity index (χ1) is 12.1. The molecule has 0 spiro atoms. The standard InChI is InChI=1S/C20H22N4O/c1-4-8-18-19(20(25)23(3)16-9-6-5-7-10-16)21-22-24(18)17-13-11-15(2)12-14-17/h5-7,9-14H,4,8H2,1-3H3. The highest BCUT2D eigenvalue weighted by atomic mass is 16.2. The van der Waals surface area contributed by atoms with E-state index in [9.17, 15) is 4.79 Å². The molecule has 0 saturated carbocycles. The van der Waals surface area contributed by atoms with Gasteiger partial charge in [-0.2, -0.15) is 0 Å². The smallest absolute Gasteiger partial charge is 0.280 e. The molecule has 0 unspecified atom stereocenters. The Bertz CT molecular complexity index is 853. The lowest BCUT2D eigenvalue weighted by atomic mass is 10.1. The van der Waals surface area contributed by atoms with Crippen LogP contribution in [0.3, 0.4) is 0 Å². The molecule has 0 N–H and O–H groups in total. The fourth-order valence-corrected chi connectivity index (χ4v) is 2.75. The first-order valence-corrected chi connectivity index (χ1v) is 8.46. The van der Waals surface area contributed by atoms with Crippen LogP contribution < -0.4 is 4.90 Å². The highest BCUT2D eigenvalue weighted by Crippen LogP contribution is 2.19. The van der Waals surface area contributed by atoms with Crippen molar-refractivity contribution in [1.29, 1.82) is 0 Å². The Morgan fingerprint density at radius 2 is 1.76 bits per heavy atom. The monoisotopic (exact) mass is 334 g/mol. The molecule has 0 atom stereocenters. The van der Waals surface area contributed by atoms with Crippen LogP contribution in [0.25, 0.3) is 5.69 Å². The van der Waals surface area contributed by atoms with Gasteiger partial charge in [0.2, 0.25) is 0 Å². The zero-order chi connectivity index (χ0) is 17.8. The van der Waals surface area contributed by atoms with Gasteiger partial charge in [0.05, 0.1) is 11.4 Å². The van der Waals surface area contributed by atoms with Gasteiger partial charge in [-0.1, -0.05) is 54.5 Å². The summed E-state index contributed by atoms with van der Waals surface area (Å²) < 4.78 is 1.77. The molecule has 3 aromatic rings. The fraction of sp³-hybridized carbons (Fsp3) is 0.250. The molecule has 0 fully saturated rings. The summed E-state index contributed by atoms with van der Waals surface area (Å²) in [5.74, 6) is -0.145. The largest absolute Gasteiger partial charge is 0.310 e. The minimum Gasteiger partial charge on any atom is -0.310 e. The van der Waals surface area contributed by atoms with E-state index in [1.807, 2.05) is 61.5 Å². The average molecular weight is 334 g/mol. The van der Waals surface area contributed by atoms with E-state index in [2.05, 4.69) is 17.2 Å². The number of para-hydroxylation sites is 1. The van der Waals surface area contributed by atoms with Crippen molar-refractivity contribution in [2.24, 2.45) is 0 Å². The summed E-state index contributed by atoms with van der Waals surface area (Å²) in [5, 5.41) is 8.45. The van der Waals surface area contributed by atoms with Crippen LogP contribution >= 0.6 is 0 Å². The molecule has 25 heavy (non-hydrogen) atoms. The van der Waals surface area contributed by atoms with Gasteiger partial charge in [-0.25, -0.2) is 4.68 Å². The second kappa shape index (κ2) is 7.30. The molecule has 2 aromatic carbocycles. The third-order valence-corrected chi connectivity index (χ3v) is 4.18. The molecule has 0 aliphatic heterocycles. The number of rotatable bonds is 5. The Morgan fingerprint density at radius 1 is 1.08 bits per heavy atom. The number of hydrogen-bond donors (Lipinski definition) is 0. The van der Waals surface area contributed by atoms with Crippen LogP contribution in [0.1, 0.15) is 35.1 Å². The van der Waals surface area contributed by atoms with Gasteiger partial charge >= 0.3 is 0 Å². The van der Waals surface area contributed by atoms with E-state index < -0.39 is 0 Å². The van der Waals surface area contributed by atoms with E-state index in [1.165, 1.54) is 5.56 Å². The number of aromatic nitrogens is 3. The molecular weight excluding hydrogens is 312 g/mol. The van der Waals surface area contributed by atoms with E-state index in [4.69, 9.17) is 0 Å². The SMILES string of the molecule is CCCc1c(C(=O)N(C)c2ccccc2)nnn1-c1ccc(C)cc1. The zero-order valence-corrected chi connectivity index (χ0v) is 14.8. The van der Waals surface area contributed by atoms with Crippen molar-refractivity contribution in [2.75, 3.05) is 11.9 Å².